The van der Waals surface area contributed by atoms with E-state index in [1.807, 2.05) is 18.2 Å². The summed E-state index contributed by atoms with van der Waals surface area (Å²) in [7, 11) is 0. The molecule has 27 heavy (non-hydrogen) atoms. The molecule has 3 heterocycles. The minimum atomic E-state index is -0.426. The SMILES string of the molecule is O=CCn1cc2ccc(CNC(=O)c3cc(=O)n4ccccc4n3)cc2n1. The van der Waals surface area contributed by atoms with Crippen molar-refractivity contribution in [2.24, 2.45) is 0 Å². The number of pyridine rings is 1. The van der Waals surface area contributed by atoms with Gasteiger partial charge in [-0.15, -0.1) is 0 Å². The smallest absolute Gasteiger partial charge is 0.270 e. The Hall–Kier alpha value is -3.81. The van der Waals surface area contributed by atoms with E-state index in [0.29, 0.717) is 5.65 Å². The van der Waals surface area contributed by atoms with E-state index in [0.717, 1.165) is 22.8 Å². The molecular weight excluding hydrogens is 346 g/mol. The minimum absolute atomic E-state index is 0.0718. The maximum absolute atomic E-state index is 12.4. The second kappa shape index (κ2) is 6.83. The van der Waals surface area contributed by atoms with Crippen LogP contribution in [0, 0.1) is 0 Å². The van der Waals surface area contributed by atoms with Crippen LogP contribution >= 0.6 is 0 Å². The number of amides is 1. The Morgan fingerprint density at radius 1 is 1.19 bits per heavy atom. The Kier molecular flexibility index (Phi) is 4.21. The van der Waals surface area contributed by atoms with Crippen LogP contribution in [0.5, 0.6) is 0 Å². The van der Waals surface area contributed by atoms with Gasteiger partial charge >= 0.3 is 0 Å². The van der Waals surface area contributed by atoms with Gasteiger partial charge in [0.1, 0.15) is 17.6 Å². The van der Waals surface area contributed by atoms with Crippen LogP contribution in [0.3, 0.4) is 0 Å². The van der Waals surface area contributed by atoms with Gasteiger partial charge < -0.3 is 10.1 Å². The van der Waals surface area contributed by atoms with Gasteiger partial charge in [-0.3, -0.25) is 18.7 Å². The molecule has 0 aliphatic heterocycles. The number of rotatable bonds is 5. The van der Waals surface area contributed by atoms with Gasteiger partial charge in [0.15, 0.2) is 0 Å². The van der Waals surface area contributed by atoms with E-state index in [2.05, 4.69) is 15.4 Å². The van der Waals surface area contributed by atoms with Crippen molar-refractivity contribution < 1.29 is 9.59 Å². The van der Waals surface area contributed by atoms with Crippen LogP contribution in [0.15, 0.2) is 59.7 Å². The normalized spacial score (nSPS) is 11.0. The minimum Gasteiger partial charge on any atom is -0.347 e. The lowest BCUT2D eigenvalue weighted by atomic mass is 10.1. The van der Waals surface area contributed by atoms with E-state index < -0.39 is 5.91 Å². The number of hydrogen-bond acceptors (Lipinski definition) is 5. The predicted molar refractivity (Wildman–Crippen MR) is 98.4 cm³/mol. The van der Waals surface area contributed by atoms with Crippen molar-refractivity contribution in [2.45, 2.75) is 13.1 Å². The van der Waals surface area contributed by atoms with Gasteiger partial charge in [-0.2, -0.15) is 5.10 Å². The van der Waals surface area contributed by atoms with Gasteiger partial charge in [0.25, 0.3) is 11.5 Å². The molecule has 0 unspecified atom stereocenters. The Labute approximate surface area is 153 Å². The van der Waals surface area contributed by atoms with Crippen molar-refractivity contribution in [1.29, 1.82) is 0 Å². The first-order valence-corrected chi connectivity index (χ1v) is 8.30. The first-order valence-electron chi connectivity index (χ1n) is 8.30. The number of carbonyl (C=O) groups excluding carboxylic acids is 2. The van der Waals surface area contributed by atoms with Gasteiger partial charge in [0, 0.05) is 30.4 Å². The average molecular weight is 361 g/mol. The molecule has 0 aliphatic carbocycles. The molecule has 8 heteroatoms. The Morgan fingerprint density at radius 3 is 2.93 bits per heavy atom. The molecule has 0 spiro atoms. The number of benzene rings is 1. The predicted octanol–water partition coefficient (Wildman–Crippen LogP) is 1.17. The van der Waals surface area contributed by atoms with Crippen LogP contribution < -0.4 is 10.9 Å². The maximum Gasteiger partial charge on any atom is 0.270 e. The zero-order chi connectivity index (χ0) is 18.8. The van der Waals surface area contributed by atoms with Crippen molar-refractivity contribution in [3.8, 4) is 0 Å². The summed E-state index contributed by atoms with van der Waals surface area (Å²) in [6, 6.07) is 12.0. The van der Waals surface area contributed by atoms with E-state index in [1.54, 1.807) is 35.3 Å². The Balaban J connectivity index is 1.53. The fourth-order valence-corrected chi connectivity index (χ4v) is 2.84. The summed E-state index contributed by atoms with van der Waals surface area (Å²) in [5.74, 6) is -0.426. The molecule has 0 fully saturated rings. The van der Waals surface area contributed by atoms with Crippen LogP contribution in [0.25, 0.3) is 16.6 Å². The Morgan fingerprint density at radius 2 is 2.07 bits per heavy atom. The van der Waals surface area contributed by atoms with Crippen LogP contribution in [-0.4, -0.2) is 31.4 Å². The van der Waals surface area contributed by atoms with Crippen LogP contribution in [0.1, 0.15) is 16.1 Å². The van der Waals surface area contributed by atoms with E-state index in [4.69, 9.17) is 0 Å². The number of carbonyl (C=O) groups is 2. The van der Waals surface area contributed by atoms with Crippen LogP contribution in [0.2, 0.25) is 0 Å². The van der Waals surface area contributed by atoms with Gasteiger partial charge in [0.2, 0.25) is 0 Å². The summed E-state index contributed by atoms with van der Waals surface area (Å²) in [6.07, 6.45) is 4.18. The Bertz CT molecular complexity index is 1220. The first-order chi connectivity index (χ1) is 13.1. The summed E-state index contributed by atoms with van der Waals surface area (Å²) >= 11 is 0. The lowest BCUT2D eigenvalue weighted by Gasteiger charge is -2.06. The molecule has 1 amide bonds. The standard InChI is InChI=1S/C19H15N5O3/c25-8-7-23-12-14-5-4-13(9-15(14)22-23)11-20-19(27)16-10-18(26)24-6-2-1-3-17(24)21-16/h1-6,8-10,12H,7,11H2,(H,20,27). The quantitative estimate of drug-likeness (QED) is 0.538. The molecular formula is C19H15N5O3. The highest BCUT2D eigenvalue weighted by Crippen LogP contribution is 2.14. The molecule has 0 radical (unpaired) electrons. The second-order valence-corrected chi connectivity index (χ2v) is 6.00. The highest BCUT2D eigenvalue weighted by atomic mass is 16.2. The van der Waals surface area contributed by atoms with Gasteiger partial charge in [-0.25, -0.2) is 4.98 Å². The van der Waals surface area contributed by atoms with Crippen molar-refractivity contribution in [3.05, 3.63) is 76.5 Å². The largest absolute Gasteiger partial charge is 0.347 e. The summed E-state index contributed by atoms with van der Waals surface area (Å²) in [6.45, 7) is 0.467. The summed E-state index contributed by atoms with van der Waals surface area (Å²) in [5.41, 5.74) is 1.77. The third-order valence-corrected chi connectivity index (χ3v) is 4.14. The van der Waals surface area contributed by atoms with Gasteiger partial charge in [-0.1, -0.05) is 18.2 Å². The maximum atomic E-state index is 12.4. The van der Waals surface area contributed by atoms with Crippen molar-refractivity contribution in [2.75, 3.05) is 0 Å². The lowest BCUT2D eigenvalue weighted by molar-refractivity contribution is -0.108. The summed E-state index contributed by atoms with van der Waals surface area (Å²) in [4.78, 5) is 39.3. The highest BCUT2D eigenvalue weighted by Gasteiger charge is 2.11. The number of aromatic nitrogens is 4. The van der Waals surface area contributed by atoms with Gasteiger partial charge in [-0.05, 0) is 23.8 Å². The third kappa shape index (κ3) is 3.32. The third-order valence-electron chi connectivity index (χ3n) is 4.14. The number of nitrogens with one attached hydrogen (secondary N) is 1. The molecule has 4 aromatic rings. The van der Waals surface area contributed by atoms with Crippen molar-refractivity contribution in [1.82, 2.24) is 24.5 Å². The van der Waals surface area contributed by atoms with Gasteiger partial charge in [0.05, 0.1) is 12.1 Å². The average Bonchev–Trinajstić information content (AvgIpc) is 3.08. The fraction of sp³-hybridized carbons (Fsp3) is 0.105. The highest BCUT2D eigenvalue weighted by molar-refractivity contribution is 5.92. The van der Waals surface area contributed by atoms with Crippen LogP contribution in [-0.2, 0) is 17.9 Å². The zero-order valence-corrected chi connectivity index (χ0v) is 14.2. The molecule has 1 aromatic carbocycles. The van der Waals surface area contributed by atoms with E-state index in [-0.39, 0.29) is 24.3 Å². The topological polar surface area (TPSA) is 98.4 Å². The molecule has 0 saturated carbocycles. The number of fused-ring (bicyclic) bond motifs is 2. The molecule has 0 saturated heterocycles. The van der Waals surface area contributed by atoms with E-state index in [1.165, 1.54) is 10.5 Å². The molecule has 0 aliphatic rings. The van der Waals surface area contributed by atoms with Crippen molar-refractivity contribution in [3.63, 3.8) is 0 Å². The molecule has 0 bridgehead atoms. The summed E-state index contributed by atoms with van der Waals surface area (Å²) < 4.78 is 2.94. The number of nitrogens with zero attached hydrogens (tertiary/aromatic N) is 4. The zero-order valence-electron chi connectivity index (χ0n) is 14.2. The molecule has 1 N–H and O–H groups in total. The molecule has 4 rings (SSSR count). The fourth-order valence-electron chi connectivity index (χ4n) is 2.84. The van der Waals surface area contributed by atoms with E-state index >= 15 is 0 Å². The monoisotopic (exact) mass is 361 g/mol. The second-order valence-electron chi connectivity index (χ2n) is 6.00. The molecule has 3 aromatic heterocycles. The number of hydrogen-bond donors (Lipinski definition) is 1. The summed E-state index contributed by atoms with van der Waals surface area (Å²) in [5, 5.41) is 7.99. The first kappa shape index (κ1) is 16.6. The van der Waals surface area contributed by atoms with Crippen molar-refractivity contribution >= 4 is 28.7 Å². The molecule has 0 atom stereocenters. The van der Waals surface area contributed by atoms with E-state index in [9.17, 15) is 14.4 Å². The lowest BCUT2D eigenvalue weighted by Crippen LogP contribution is -2.26. The number of aldehydes is 1. The van der Waals surface area contributed by atoms with Crippen LogP contribution in [0.4, 0.5) is 0 Å². The molecule has 8 nitrogen and oxygen atoms in total. The molecule has 134 valence electrons.